The van der Waals surface area contributed by atoms with E-state index in [1.165, 1.54) is 0 Å². The highest BCUT2D eigenvalue weighted by Gasteiger charge is 2.23. The Hall–Kier alpha value is -2.04. The zero-order chi connectivity index (χ0) is 12.3. The molecule has 0 aromatic heterocycles. The number of carboxylic acid groups (broad SMARTS) is 1. The molecule has 1 aliphatic rings. The lowest BCUT2D eigenvalue weighted by Gasteiger charge is -2.10. The van der Waals surface area contributed by atoms with Crippen molar-refractivity contribution in [2.24, 2.45) is 4.99 Å². The van der Waals surface area contributed by atoms with E-state index in [0.717, 1.165) is 0 Å². The minimum absolute atomic E-state index is 0.0637. The maximum absolute atomic E-state index is 10.4. The van der Waals surface area contributed by atoms with E-state index in [1.54, 1.807) is 24.3 Å². The molecule has 0 spiro atoms. The summed E-state index contributed by atoms with van der Waals surface area (Å²) in [7, 11) is 0. The summed E-state index contributed by atoms with van der Waals surface area (Å²) in [6.45, 7) is 0.441. The third-order valence-electron chi connectivity index (χ3n) is 2.53. The highest BCUT2D eigenvalue weighted by molar-refractivity contribution is 5.97. The quantitative estimate of drug-likeness (QED) is 0.826. The van der Waals surface area contributed by atoms with Crippen LogP contribution in [-0.2, 0) is 9.53 Å². The van der Waals surface area contributed by atoms with Gasteiger partial charge in [0, 0.05) is 6.42 Å². The first kappa shape index (κ1) is 11.4. The Kier molecular flexibility index (Phi) is 3.27. The molecule has 2 N–H and O–H groups in total. The molecule has 0 aliphatic carbocycles. The van der Waals surface area contributed by atoms with Gasteiger partial charge in [0.15, 0.2) is 0 Å². The van der Waals surface area contributed by atoms with Crippen molar-refractivity contribution in [3.8, 4) is 5.75 Å². The Morgan fingerprint density at radius 1 is 1.47 bits per heavy atom. The van der Waals surface area contributed by atoms with Gasteiger partial charge >= 0.3 is 5.97 Å². The number of phenols is 1. The zero-order valence-electron chi connectivity index (χ0n) is 9.17. The molecule has 1 aliphatic heterocycles. The van der Waals surface area contributed by atoms with Gasteiger partial charge in [-0.2, -0.15) is 0 Å². The van der Waals surface area contributed by atoms with E-state index in [1.807, 2.05) is 0 Å². The van der Waals surface area contributed by atoms with Gasteiger partial charge in [-0.1, -0.05) is 12.1 Å². The topological polar surface area (TPSA) is 79.1 Å². The van der Waals surface area contributed by atoms with Gasteiger partial charge in [-0.05, 0) is 18.6 Å². The summed E-state index contributed by atoms with van der Waals surface area (Å²) in [4.78, 5) is 14.6. The molecule has 1 aromatic carbocycles. The number of para-hydroxylation sites is 1. The molecule has 5 nitrogen and oxygen atoms in total. The molecule has 1 atom stereocenters. The second-order valence-corrected chi connectivity index (χ2v) is 3.84. The highest BCUT2D eigenvalue weighted by atomic mass is 16.5. The maximum atomic E-state index is 10.4. The van der Waals surface area contributed by atoms with Crippen LogP contribution in [0.25, 0.3) is 0 Å². The lowest BCUT2D eigenvalue weighted by molar-refractivity contribution is -0.137. The van der Waals surface area contributed by atoms with Crippen molar-refractivity contribution in [1.82, 2.24) is 0 Å². The van der Waals surface area contributed by atoms with Gasteiger partial charge in [0.05, 0.1) is 12.1 Å². The summed E-state index contributed by atoms with van der Waals surface area (Å²) in [6.07, 6.45) is 0.283. The van der Waals surface area contributed by atoms with Gasteiger partial charge < -0.3 is 14.9 Å². The number of aromatic hydroxyl groups is 1. The van der Waals surface area contributed by atoms with Crippen LogP contribution in [0.15, 0.2) is 29.3 Å². The van der Waals surface area contributed by atoms with E-state index >= 15 is 0 Å². The van der Waals surface area contributed by atoms with E-state index < -0.39 is 5.97 Å². The molecule has 0 radical (unpaired) electrons. The third kappa shape index (κ3) is 2.75. The van der Waals surface area contributed by atoms with Crippen LogP contribution in [0.3, 0.4) is 0 Å². The largest absolute Gasteiger partial charge is 0.507 e. The number of aliphatic imine (C=N–C) groups is 1. The van der Waals surface area contributed by atoms with E-state index in [0.29, 0.717) is 24.4 Å². The van der Waals surface area contributed by atoms with Crippen LogP contribution >= 0.6 is 0 Å². The van der Waals surface area contributed by atoms with E-state index in [2.05, 4.69) is 4.99 Å². The fourth-order valence-corrected chi connectivity index (χ4v) is 1.65. The number of nitrogens with zero attached hydrogens (tertiary/aromatic N) is 1. The van der Waals surface area contributed by atoms with Gasteiger partial charge in [0.2, 0.25) is 5.90 Å². The molecular formula is C12H13NO4. The lowest BCUT2D eigenvalue weighted by atomic mass is 10.2. The standard InChI is InChI=1S/C12H13NO4/c14-10-4-2-1-3-9(10)12-13-7-8(17-12)5-6-11(15)16/h1-4,8,14H,5-7H2,(H,15,16). The van der Waals surface area contributed by atoms with Crippen molar-refractivity contribution < 1.29 is 19.7 Å². The van der Waals surface area contributed by atoms with Crippen molar-refractivity contribution >= 4 is 11.9 Å². The summed E-state index contributed by atoms with van der Waals surface area (Å²) in [5.74, 6) is -0.340. The number of phenolic OH excluding ortho intramolecular Hbond substituents is 1. The first-order chi connectivity index (χ1) is 8.16. The fourth-order valence-electron chi connectivity index (χ4n) is 1.65. The number of carbonyl (C=O) groups is 1. The smallest absolute Gasteiger partial charge is 0.303 e. The Bertz CT molecular complexity index is 456. The van der Waals surface area contributed by atoms with Gasteiger partial charge in [-0.3, -0.25) is 4.79 Å². The Morgan fingerprint density at radius 3 is 2.94 bits per heavy atom. The number of carboxylic acids is 1. The summed E-state index contributed by atoms with van der Waals surface area (Å²) < 4.78 is 5.51. The second-order valence-electron chi connectivity index (χ2n) is 3.84. The number of aliphatic carboxylic acids is 1. The van der Waals surface area contributed by atoms with Crippen LogP contribution in [0.5, 0.6) is 5.75 Å². The SMILES string of the molecule is O=C(O)CCC1CN=C(c2ccccc2O)O1. The van der Waals surface area contributed by atoms with Gasteiger partial charge in [0.25, 0.3) is 0 Å². The first-order valence-corrected chi connectivity index (χ1v) is 5.38. The number of rotatable bonds is 4. The molecule has 1 aromatic rings. The Labute approximate surface area is 98.4 Å². The van der Waals surface area contributed by atoms with Gasteiger partial charge in [-0.15, -0.1) is 0 Å². The van der Waals surface area contributed by atoms with Crippen LogP contribution in [0.1, 0.15) is 18.4 Å². The number of ether oxygens (including phenoxy) is 1. The summed E-state index contributed by atoms with van der Waals surface area (Å²) in [5.41, 5.74) is 0.547. The molecule has 0 amide bonds. The zero-order valence-corrected chi connectivity index (χ0v) is 9.17. The molecule has 1 heterocycles. The molecule has 1 unspecified atom stereocenters. The van der Waals surface area contributed by atoms with Crippen molar-refractivity contribution in [3.63, 3.8) is 0 Å². The Morgan fingerprint density at radius 2 is 2.24 bits per heavy atom. The lowest BCUT2D eigenvalue weighted by Crippen LogP contribution is -2.15. The molecule has 2 rings (SSSR count). The molecule has 90 valence electrons. The van der Waals surface area contributed by atoms with Crippen molar-refractivity contribution in [1.29, 1.82) is 0 Å². The minimum Gasteiger partial charge on any atom is -0.507 e. The molecule has 0 bridgehead atoms. The van der Waals surface area contributed by atoms with E-state index in [-0.39, 0.29) is 18.3 Å². The molecule has 5 heteroatoms. The van der Waals surface area contributed by atoms with Gasteiger partial charge in [-0.25, -0.2) is 4.99 Å². The van der Waals surface area contributed by atoms with Crippen LogP contribution in [0.4, 0.5) is 0 Å². The summed E-state index contributed by atoms with van der Waals surface area (Å²) in [6, 6.07) is 6.78. The normalized spacial score (nSPS) is 18.6. The number of hydrogen-bond acceptors (Lipinski definition) is 4. The van der Waals surface area contributed by atoms with Gasteiger partial charge in [0.1, 0.15) is 11.9 Å². The predicted molar refractivity (Wildman–Crippen MR) is 61.3 cm³/mol. The van der Waals surface area contributed by atoms with E-state index in [9.17, 15) is 9.90 Å². The molecule has 17 heavy (non-hydrogen) atoms. The van der Waals surface area contributed by atoms with Crippen molar-refractivity contribution in [2.75, 3.05) is 6.54 Å². The Balaban J connectivity index is 1.98. The average molecular weight is 235 g/mol. The van der Waals surface area contributed by atoms with Crippen LogP contribution in [0, 0.1) is 0 Å². The molecule has 0 fully saturated rings. The predicted octanol–water partition coefficient (Wildman–Crippen LogP) is 1.40. The van der Waals surface area contributed by atoms with Crippen molar-refractivity contribution in [3.05, 3.63) is 29.8 Å². The van der Waals surface area contributed by atoms with Crippen molar-refractivity contribution in [2.45, 2.75) is 18.9 Å². The number of hydrogen-bond donors (Lipinski definition) is 2. The average Bonchev–Trinajstić information content (AvgIpc) is 2.75. The van der Waals surface area contributed by atoms with Crippen LogP contribution in [-0.4, -0.2) is 34.7 Å². The molecular weight excluding hydrogens is 222 g/mol. The summed E-state index contributed by atoms with van der Waals surface area (Å²) in [5, 5.41) is 18.2. The highest BCUT2D eigenvalue weighted by Crippen LogP contribution is 2.22. The summed E-state index contributed by atoms with van der Waals surface area (Å²) >= 11 is 0. The second kappa shape index (κ2) is 4.86. The molecule has 0 saturated carbocycles. The fraction of sp³-hybridized carbons (Fsp3) is 0.333. The monoisotopic (exact) mass is 235 g/mol. The van der Waals surface area contributed by atoms with E-state index in [4.69, 9.17) is 9.84 Å². The van der Waals surface area contributed by atoms with Crippen LogP contribution in [0.2, 0.25) is 0 Å². The number of benzene rings is 1. The third-order valence-corrected chi connectivity index (χ3v) is 2.53. The first-order valence-electron chi connectivity index (χ1n) is 5.38. The minimum atomic E-state index is -0.843. The maximum Gasteiger partial charge on any atom is 0.303 e. The van der Waals surface area contributed by atoms with Crippen LogP contribution < -0.4 is 0 Å². The molecule has 0 saturated heterocycles.